The minimum absolute atomic E-state index is 0.171. The molecule has 2 aliphatic rings. The minimum atomic E-state index is -3.41. The molecule has 0 spiro atoms. The number of hydrogen-bond donors (Lipinski definition) is 1. The molecule has 0 saturated carbocycles. The van der Waals surface area contributed by atoms with Gasteiger partial charge in [0, 0.05) is 25.7 Å². The summed E-state index contributed by atoms with van der Waals surface area (Å²) < 4.78 is 33.2. The average Bonchev–Trinajstić information content (AvgIpc) is 2.60. The quantitative estimate of drug-likeness (QED) is 0.888. The van der Waals surface area contributed by atoms with Gasteiger partial charge in [0.2, 0.25) is 10.0 Å². The van der Waals surface area contributed by atoms with Crippen LogP contribution in [0, 0.1) is 0 Å². The van der Waals surface area contributed by atoms with Crippen LogP contribution < -0.4 is 4.72 Å². The van der Waals surface area contributed by atoms with Crippen LogP contribution in [-0.2, 0) is 21.2 Å². The van der Waals surface area contributed by atoms with Gasteiger partial charge in [-0.25, -0.2) is 13.1 Å². The number of morpholine rings is 1. The SMILES string of the molecule is C[C@H](CNS(=O)(=O)C1=Cc2ccccc2CC1)N1CCOCC1. The fourth-order valence-electron chi connectivity index (χ4n) is 3.09. The molecule has 1 aliphatic carbocycles. The van der Waals surface area contributed by atoms with Crippen molar-refractivity contribution in [2.75, 3.05) is 32.8 Å². The van der Waals surface area contributed by atoms with Crippen molar-refractivity contribution in [1.29, 1.82) is 0 Å². The zero-order valence-corrected chi connectivity index (χ0v) is 14.3. The zero-order valence-electron chi connectivity index (χ0n) is 13.5. The highest BCUT2D eigenvalue weighted by Gasteiger charge is 2.24. The van der Waals surface area contributed by atoms with E-state index in [1.54, 1.807) is 6.08 Å². The Hall–Kier alpha value is -1.21. The molecular formula is C17H24N2O3S. The van der Waals surface area contributed by atoms with Crippen LogP contribution in [0.4, 0.5) is 0 Å². The fourth-order valence-corrected chi connectivity index (χ4v) is 4.39. The van der Waals surface area contributed by atoms with Crippen molar-refractivity contribution in [3.63, 3.8) is 0 Å². The van der Waals surface area contributed by atoms with Gasteiger partial charge in [-0.2, -0.15) is 0 Å². The first-order valence-corrected chi connectivity index (χ1v) is 9.64. The van der Waals surface area contributed by atoms with Crippen LogP contribution in [0.25, 0.3) is 6.08 Å². The summed E-state index contributed by atoms with van der Waals surface area (Å²) in [6, 6.07) is 8.14. The molecule has 1 aromatic carbocycles. The maximum absolute atomic E-state index is 12.6. The highest BCUT2D eigenvalue weighted by atomic mass is 32.2. The third-order valence-corrected chi connectivity index (χ3v) is 6.15. The smallest absolute Gasteiger partial charge is 0.236 e. The highest BCUT2D eigenvalue weighted by molar-refractivity contribution is 7.93. The van der Waals surface area contributed by atoms with Crippen molar-refractivity contribution in [3.05, 3.63) is 40.3 Å². The van der Waals surface area contributed by atoms with Crippen molar-refractivity contribution < 1.29 is 13.2 Å². The van der Waals surface area contributed by atoms with Gasteiger partial charge in [-0.3, -0.25) is 4.90 Å². The summed E-state index contributed by atoms with van der Waals surface area (Å²) in [7, 11) is -3.41. The molecule has 1 atom stereocenters. The van der Waals surface area contributed by atoms with Gasteiger partial charge in [-0.15, -0.1) is 0 Å². The Labute approximate surface area is 138 Å². The lowest BCUT2D eigenvalue weighted by Crippen LogP contribution is -2.47. The summed E-state index contributed by atoms with van der Waals surface area (Å²) in [5, 5.41) is 0. The van der Waals surface area contributed by atoms with Gasteiger partial charge >= 0.3 is 0 Å². The molecule has 0 amide bonds. The lowest BCUT2D eigenvalue weighted by molar-refractivity contribution is 0.0213. The number of rotatable bonds is 5. The van der Waals surface area contributed by atoms with Crippen LogP contribution in [0.2, 0.25) is 0 Å². The lowest BCUT2D eigenvalue weighted by atomic mass is 9.98. The molecule has 6 heteroatoms. The van der Waals surface area contributed by atoms with Crippen LogP contribution in [0.1, 0.15) is 24.5 Å². The standard InChI is InChI=1S/C17H24N2O3S/c1-14(19-8-10-22-11-9-19)13-18-23(20,21)17-7-6-15-4-2-3-5-16(15)12-17/h2-5,12,14,18H,6-11,13H2,1H3/t14-/m1/s1. The second-order valence-corrected chi connectivity index (χ2v) is 7.98. The fraction of sp³-hybridized carbons (Fsp3) is 0.529. The van der Waals surface area contributed by atoms with Crippen molar-refractivity contribution >= 4 is 16.1 Å². The molecule has 5 nitrogen and oxygen atoms in total. The van der Waals surface area contributed by atoms with E-state index in [1.807, 2.05) is 18.2 Å². The normalized spacial score (nSPS) is 20.7. The minimum Gasteiger partial charge on any atom is -0.379 e. The van der Waals surface area contributed by atoms with Gasteiger partial charge in [0.1, 0.15) is 0 Å². The van der Waals surface area contributed by atoms with E-state index < -0.39 is 10.0 Å². The Morgan fingerprint density at radius 2 is 1.96 bits per heavy atom. The monoisotopic (exact) mass is 336 g/mol. The summed E-state index contributed by atoms with van der Waals surface area (Å²) in [6.45, 7) is 5.65. The second-order valence-electron chi connectivity index (χ2n) is 6.16. The average molecular weight is 336 g/mol. The predicted molar refractivity (Wildman–Crippen MR) is 91.5 cm³/mol. The molecule has 1 aliphatic heterocycles. The first kappa shape index (κ1) is 16.6. The molecule has 0 bridgehead atoms. The van der Waals surface area contributed by atoms with E-state index in [0.29, 0.717) is 17.9 Å². The van der Waals surface area contributed by atoms with E-state index in [0.717, 1.165) is 38.3 Å². The molecule has 0 radical (unpaired) electrons. The molecule has 0 aromatic heterocycles. The number of allylic oxidation sites excluding steroid dienone is 1. The van der Waals surface area contributed by atoms with E-state index in [-0.39, 0.29) is 6.04 Å². The van der Waals surface area contributed by atoms with Gasteiger partial charge in [0.15, 0.2) is 0 Å². The maximum Gasteiger partial charge on any atom is 0.236 e. The Morgan fingerprint density at radius 1 is 1.22 bits per heavy atom. The Kier molecular flexibility index (Phi) is 5.16. The van der Waals surface area contributed by atoms with Crippen LogP contribution in [-0.4, -0.2) is 52.2 Å². The second kappa shape index (κ2) is 7.13. The van der Waals surface area contributed by atoms with E-state index in [9.17, 15) is 8.42 Å². The molecule has 1 fully saturated rings. The summed E-state index contributed by atoms with van der Waals surface area (Å²) in [5.74, 6) is 0. The molecule has 126 valence electrons. The van der Waals surface area contributed by atoms with Crippen molar-refractivity contribution in [1.82, 2.24) is 9.62 Å². The molecule has 1 heterocycles. The first-order chi connectivity index (χ1) is 11.1. The predicted octanol–water partition coefficient (Wildman–Crippen LogP) is 1.61. The van der Waals surface area contributed by atoms with Crippen LogP contribution in [0.15, 0.2) is 29.2 Å². The number of sulfonamides is 1. The molecule has 1 N–H and O–H groups in total. The number of nitrogens with one attached hydrogen (secondary N) is 1. The molecule has 0 unspecified atom stereocenters. The van der Waals surface area contributed by atoms with Crippen LogP contribution in [0.3, 0.4) is 0 Å². The number of ether oxygens (including phenoxy) is 1. The first-order valence-electron chi connectivity index (χ1n) is 8.16. The van der Waals surface area contributed by atoms with Crippen LogP contribution >= 0.6 is 0 Å². The number of hydrogen-bond acceptors (Lipinski definition) is 4. The summed E-state index contributed by atoms with van der Waals surface area (Å²) >= 11 is 0. The summed E-state index contributed by atoms with van der Waals surface area (Å²) in [4.78, 5) is 2.75. The number of aryl methyl sites for hydroxylation is 1. The van der Waals surface area contributed by atoms with Gasteiger partial charge in [0.05, 0.1) is 18.1 Å². The van der Waals surface area contributed by atoms with E-state index in [2.05, 4.69) is 22.6 Å². The largest absolute Gasteiger partial charge is 0.379 e. The molecule has 3 rings (SSSR count). The van der Waals surface area contributed by atoms with Gasteiger partial charge in [-0.05, 0) is 37.0 Å². The Bertz CT molecular complexity index is 679. The third-order valence-electron chi connectivity index (χ3n) is 4.60. The Balaban J connectivity index is 1.64. The van der Waals surface area contributed by atoms with Gasteiger partial charge in [0.25, 0.3) is 0 Å². The third kappa shape index (κ3) is 4.01. The van der Waals surface area contributed by atoms with E-state index in [1.165, 1.54) is 5.56 Å². The Morgan fingerprint density at radius 3 is 2.74 bits per heavy atom. The molecular weight excluding hydrogens is 312 g/mol. The highest BCUT2D eigenvalue weighted by Crippen LogP contribution is 2.26. The maximum atomic E-state index is 12.6. The molecule has 23 heavy (non-hydrogen) atoms. The number of nitrogens with zero attached hydrogens (tertiary/aromatic N) is 1. The molecule has 1 aromatic rings. The lowest BCUT2D eigenvalue weighted by Gasteiger charge is -2.32. The van der Waals surface area contributed by atoms with E-state index in [4.69, 9.17) is 4.74 Å². The van der Waals surface area contributed by atoms with Crippen molar-refractivity contribution in [2.24, 2.45) is 0 Å². The molecule has 1 saturated heterocycles. The van der Waals surface area contributed by atoms with Gasteiger partial charge < -0.3 is 4.74 Å². The van der Waals surface area contributed by atoms with Crippen LogP contribution in [0.5, 0.6) is 0 Å². The van der Waals surface area contributed by atoms with Gasteiger partial charge in [-0.1, -0.05) is 24.3 Å². The van der Waals surface area contributed by atoms with Crippen molar-refractivity contribution in [2.45, 2.75) is 25.8 Å². The summed E-state index contributed by atoms with van der Waals surface area (Å²) in [5.41, 5.74) is 2.23. The zero-order chi connectivity index (χ0) is 16.3. The number of benzene rings is 1. The summed E-state index contributed by atoms with van der Waals surface area (Å²) in [6.07, 6.45) is 3.15. The topological polar surface area (TPSA) is 58.6 Å². The van der Waals surface area contributed by atoms with Crippen molar-refractivity contribution in [3.8, 4) is 0 Å². The number of fused-ring (bicyclic) bond motifs is 1. The van der Waals surface area contributed by atoms with E-state index >= 15 is 0 Å².